The van der Waals surface area contributed by atoms with Crippen LogP contribution in [0.5, 0.6) is 5.75 Å². The molecule has 0 bridgehead atoms. The van der Waals surface area contributed by atoms with Crippen molar-refractivity contribution < 1.29 is 24.2 Å². The number of nitrogens with one attached hydrogen (secondary N) is 2. The standard InChI is InChI=1S/C28H36N4O5/c1-6-19(2)23(31-27(36)37-28(3,4)5)26(35)32(17-16-29)24(21-12-14-22(33)15-13-21)25(34)30-18-20-10-8-7-9-11-20/h7-15,19,23-24,33H,6,17-18H2,1-5H3,(H,30,34)(H,31,36). The third kappa shape index (κ3) is 8.83. The third-order valence-electron chi connectivity index (χ3n) is 5.75. The molecular formula is C28H36N4O5. The Morgan fingerprint density at radius 1 is 1.08 bits per heavy atom. The molecule has 9 heteroatoms. The van der Waals surface area contributed by atoms with Gasteiger partial charge in [0, 0.05) is 6.54 Å². The smallest absolute Gasteiger partial charge is 0.408 e. The third-order valence-corrected chi connectivity index (χ3v) is 5.75. The number of phenols is 1. The van der Waals surface area contributed by atoms with Crippen LogP contribution in [0.1, 0.15) is 58.2 Å². The number of amides is 3. The first kappa shape index (κ1) is 29.2. The van der Waals surface area contributed by atoms with E-state index in [-0.39, 0.29) is 18.2 Å². The molecule has 3 unspecified atom stereocenters. The summed E-state index contributed by atoms with van der Waals surface area (Å²) in [4.78, 5) is 41.1. The van der Waals surface area contributed by atoms with Crippen LogP contribution >= 0.6 is 0 Å². The van der Waals surface area contributed by atoms with Gasteiger partial charge in [0.2, 0.25) is 11.8 Å². The van der Waals surface area contributed by atoms with Crippen LogP contribution < -0.4 is 10.6 Å². The number of phenolic OH excluding ortho intramolecular Hbond substituents is 1. The van der Waals surface area contributed by atoms with Gasteiger partial charge in [-0.3, -0.25) is 9.59 Å². The van der Waals surface area contributed by atoms with E-state index in [9.17, 15) is 24.8 Å². The number of hydrogen-bond acceptors (Lipinski definition) is 6. The van der Waals surface area contributed by atoms with Crippen molar-refractivity contribution in [3.8, 4) is 11.8 Å². The lowest BCUT2D eigenvalue weighted by molar-refractivity contribution is -0.142. The van der Waals surface area contributed by atoms with Crippen LogP contribution in [0.25, 0.3) is 0 Å². The fraction of sp³-hybridized carbons (Fsp3) is 0.429. The predicted octanol–water partition coefficient (Wildman–Crippen LogP) is 4.04. The normalized spacial score (nSPS) is 13.4. The molecule has 9 nitrogen and oxygen atoms in total. The lowest BCUT2D eigenvalue weighted by Crippen LogP contribution is -2.55. The molecule has 0 saturated heterocycles. The van der Waals surface area contributed by atoms with Crippen LogP contribution in [0.2, 0.25) is 0 Å². The van der Waals surface area contributed by atoms with E-state index in [0.29, 0.717) is 12.0 Å². The molecule has 0 spiro atoms. The van der Waals surface area contributed by atoms with E-state index in [2.05, 4.69) is 10.6 Å². The number of aromatic hydroxyl groups is 1. The van der Waals surface area contributed by atoms with E-state index in [1.165, 1.54) is 24.3 Å². The van der Waals surface area contributed by atoms with Crippen LogP contribution in [0.15, 0.2) is 54.6 Å². The highest BCUT2D eigenvalue weighted by Gasteiger charge is 2.38. The Kier molecular flexibility index (Phi) is 10.5. The first-order valence-electron chi connectivity index (χ1n) is 12.2. The Balaban J connectivity index is 2.44. The summed E-state index contributed by atoms with van der Waals surface area (Å²) in [6.07, 6.45) is -0.214. The van der Waals surface area contributed by atoms with Gasteiger partial charge >= 0.3 is 6.09 Å². The Hall–Kier alpha value is -4.06. The van der Waals surface area contributed by atoms with Crippen LogP contribution in [0.3, 0.4) is 0 Å². The molecule has 37 heavy (non-hydrogen) atoms. The highest BCUT2D eigenvalue weighted by molar-refractivity contribution is 5.92. The number of rotatable bonds is 10. The van der Waals surface area contributed by atoms with Crippen molar-refractivity contribution in [2.75, 3.05) is 6.54 Å². The van der Waals surface area contributed by atoms with Crippen molar-refractivity contribution in [1.82, 2.24) is 15.5 Å². The molecule has 3 amide bonds. The summed E-state index contributed by atoms with van der Waals surface area (Å²) in [6.45, 7) is 8.64. The summed E-state index contributed by atoms with van der Waals surface area (Å²) < 4.78 is 5.35. The Labute approximate surface area is 218 Å². The number of carbonyl (C=O) groups is 3. The fourth-order valence-corrected chi connectivity index (χ4v) is 3.68. The van der Waals surface area contributed by atoms with Gasteiger partial charge in [-0.15, -0.1) is 0 Å². The molecule has 0 saturated carbocycles. The first-order valence-corrected chi connectivity index (χ1v) is 12.2. The van der Waals surface area contributed by atoms with Gasteiger partial charge in [0.1, 0.15) is 30.0 Å². The van der Waals surface area contributed by atoms with Crippen molar-refractivity contribution in [2.24, 2.45) is 5.92 Å². The predicted molar refractivity (Wildman–Crippen MR) is 139 cm³/mol. The molecule has 0 radical (unpaired) electrons. The van der Waals surface area contributed by atoms with Gasteiger partial charge in [-0.25, -0.2) is 4.79 Å². The van der Waals surface area contributed by atoms with Gasteiger partial charge in [-0.1, -0.05) is 62.7 Å². The van der Waals surface area contributed by atoms with Gasteiger partial charge in [0.25, 0.3) is 0 Å². The number of hydrogen-bond donors (Lipinski definition) is 3. The van der Waals surface area contributed by atoms with Crippen molar-refractivity contribution in [3.05, 3.63) is 65.7 Å². The second-order valence-corrected chi connectivity index (χ2v) is 9.83. The topological polar surface area (TPSA) is 132 Å². The summed E-state index contributed by atoms with van der Waals surface area (Å²) in [5.41, 5.74) is 0.500. The lowest BCUT2D eigenvalue weighted by atomic mass is 9.95. The molecule has 0 fully saturated rings. The molecule has 0 aliphatic rings. The van der Waals surface area contributed by atoms with E-state index < -0.39 is 42.1 Å². The molecule has 3 N–H and O–H groups in total. The maximum absolute atomic E-state index is 13.9. The molecule has 0 aromatic heterocycles. The maximum Gasteiger partial charge on any atom is 0.408 e. The second kappa shape index (κ2) is 13.3. The average Bonchev–Trinajstić information content (AvgIpc) is 2.85. The highest BCUT2D eigenvalue weighted by atomic mass is 16.6. The summed E-state index contributed by atoms with van der Waals surface area (Å²) in [5.74, 6) is -1.41. The number of carbonyl (C=O) groups excluding carboxylic acids is 3. The van der Waals surface area contributed by atoms with Crippen molar-refractivity contribution in [2.45, 2.75) is 65.3 Å². The van der Waals surface area contributed by atoms with E-state index in [1.54, 1.807) is 27.7 Å². The molecule has 2 aromatic rings. The summed E-state index contributed by atoms with van der Waals surface area (Å²) in [6, 6.07) is 14.9. The molecule has 3 atom stereocenters. The van der Waals surface area contributed by atoms with E-state index in [0.717, 1.165) is 10.5 Å². The van der Waals surface area contributed by atoms with E-state index >= 15 is 0 Å². The highest BCUT2D eigenvalue weighted by Crippen LogP contribution is 2.26. The van der Waals surface area contributed by atoms with Crippen LogP contribution in [-0.4, -0.2) is 46.1 Å². The van der Waals surface area contributed by atoms with E-state index in [4.69, 9.17) is 4.74 Å². The Morgan fingerprint density at radius 2 is 1.70 bits per heavy atom. The monoisotopic (exact) mass is 508 g/mol. The number of ether oxygens (including phenoxy) is 1. The van der Waals surface area contributed by atoms with Gasteiger partial charge < -0.3 is 25.4 Å². The molecule has 0 aliphatic carbocycles. The SMILES string of the molecule is CCC(C)C(NC(=O)OC(C)(C)C)C(=O)N(CC#N)C(C(=O)NCc1ccccc1)c1ccc(O)cc1. The number of alkyl carbamates (subject to hydrolysis) is 1. The number of benzene rings is 2. The summed E-state index contributed by atoms with van der Waals surface area (Å²) >= 11 is 0. The summed E-state index contributed by atoms with van der Waals surface area (Å²) in [5, 5.41) is 24.9. The van der Waals surface area contributed by atoms with Gasteiger partial charge in [0.05, 0.1) is 6.07 Å². The van der Waals surface area contributed by atoms with Crippen molar-refractivity contribution in [1.29, 1.82) is 5.26 Å². The van der Waals surface area contributed by atoms with E-state index in [1.807, 2.05) is 43.3 Å². The molecule has 0 aliphatic heterocycles. The molecule has 0 heterocycles. The average molecular weight is 509 g/mol. The largest absolute Gasteiger partial charge is 0.508 e. The quantitative estimate of drug-likeness (QED) is 0.415. The first-order chi connectivity index (χ1) is 17.5. The van der Waals surface area contributed by atoms with Crippen LogP contribution in [0, 0.1) is 17.2 Å². The van der Waals surface area contributed by atoms with Gasteiger partial charge in [0.15, 0.2) is 0 Å². The molecular weight excluding hydrogens is 472 g/mol. The summed E-state index contributed by atoms with van der Waals surface area (Å²) in [7, 11) is 0. The minimum absolute atomic E-state index is 0.00516. The number of nitriles is 1. The van der Waals surface area contributed by atoms with Crippen LogP contribution in [0.4, 0.5) is 4.79 Å². The van der Waals surface area contributed by atoms with Crippen molar-refractivity contribution >= 4 is 17.9 Å². The minimum Gasteiger partial charge on any atom is -0.508 e. The zero-order valence-electron chi connectivity index (χ0n) is 22.0. The second-order valence-electron chi connectivity index (χ2n) is 9.83. The fourth-order valence-electron chi connectivity index (χ4n) is 3.68. The molecule has 2 rings (SSSR count). The zero-order chi connectivity index (χ0) is 27.6. The molecule has 198 valence electrons. The van der Waals surface area contributed by atoms with Crippen LogP contribution in [-0.2, 0) is 20.9 Å². The van der Waals surface area contributed by atoms with Gasteiger partial charge in [-0.2, -0.15) is 5.26 Å². The number of nitrogens with zero attached hydrogens (tertiary/aromatic N) is 2. The Bertz CT molecular complexity index is 1090. The molecule has 2 aromatic carbocycles. The lowest BCUT2D eigenvalue weighted by Gasteiger charge is -2.34. The minimum atomic E-state index is -1.18. The van der Waals surface area contributed by atoms with Gasteiger partial charge in [-0.05, 0) is 49.9 Å². The van der Waals surface area contributed by atoms with Crippen molar-refractivity contribution in [3.63, 3.8) is 0 Å². The Morgan fingerprint density at radius 3 is 2.24 bits per heavy atom. The zero-order valence-corrected chi connectivity index (χ0v) is 22.0. The maximum atomic E-state index is 13.9.